The SMILES string of the molecule is CC(=O)NCC1CN(c2ccc(-n3c(=O)oc4ccc(C)cc43)cc2)C(=O)O1. The van der Waals surface area contributed by atoms with E-state index < -0.39 is 18.0 Å². The Bertz CT molecular complexity index is 1110. The Morgan fingerprint density at radius 2 is 1.86 bits per heavy atom. The molecule has 0 saturated carbocycles. The molecule has 28 heavy (non-hydrogen) atoms. The minimum Gasteiger partial charge on any atom is -0.442 e. The van der Waals surface area contributed by atoms with Crippen LogP contribution in [0.2, 0.25) is 0 Å². The molecule has 3 aromatic rings. The Morgan fingerprint density at radius 3 is 2.57 bits per heavy atom. The van der Waals surface area contributed by atoms with E-state index in [-0.39, 0.29) is 12.5 Å². The molecule has 2 heterocycles. The van der Waals surface area contributed by atoms with Gasteiger partial charge in [-0.25, -0.2) is 14.2 Å². The summed E-state index contributed by atoms with van der Waals surface area (Å²) >= 11 is 0. The highest BCUT2D eigenvalue weighted by atomic mass is 16.6. The van der Waals surface area contributed by atoms with Crippen molar-refractivity contribution in [2.75, 3.05) is 18.0 Å². The number of oxazole rings is 1. The summed E-state index contributed by atoms with van der Waals surface area (Å²) in [5.41, 5.74) is 3.51. The number of nitrogens with one attached hydrogen (secondary N) is 1. The fourth-order valence-electron chi connectivity index (χ4n) is 3.25. The number of benzene rings is 2. The number of fused-ring (bicyclic) bond motifs is 1. The molecule has 1 fully saturated rings. The summed E-state index contributed by atoms with van der Waals surface area (Å²) in [6.07, 6.45) is -0.871. The molecule has 144 valence electrons. The molecule has 1 unspecified atom stereocenters. The van der Waals surface area contributed by atoms with Crippen LogP contribution in [-0.4, -0.2) is 35.8 Å². The molecule has 2 aromatic carbocycles. The minimum absolute atomic E-state index is 0.174. The number of nitrogens with zero attached hydrogens (tertiary/aromatic N) is 2. The molecule has 0 aliphatic carbocycles. The van der Waals surface area contributed by atoms with Gasteiger partial charge < -0.3 is 14.5 Å². The zero-order valence-corrected chi connectivity index (χ0v) is 15.5. The number of cyclic esters (lactones) is 1. The number of carbonyl (C=O) groups excluding carboxylic acids is 2. The van der Waals surface area contributed by atoms with Crippen molar-refractivity contribution in [2.45, 2.75) is 20.0 Å². The van der Waals surface area contributed by atoms with Gasteiger partial charge in [0.25, 0.3) is 0 Å². The van der Waals surface area contributed by atoms with Crippen molar-refractivity contribution >= 4 is 28.8 Å². The van der Waals surface area contributed by atoms with Crippen LogP contribution in [-0.2, 0) is 9.53 Å². The van der Waals surface area contributed by atoms with E-state index in [1.54, 1.807) is 30.3 Å². The van der Waals surface area contributed by atoms with Gasteiger partial charge in [-0.2, -0.15) is 0 Å². The Balaban J connectivity index is 1.59. The van der Waals surface area contributed by atoms with Crippen molar-refractivity contribution in [3.63, 3.8) is 0 Å². The van der Waals surface area contributed by atoms with Crippen LogP contribution in [0.4, 0.5) is 10.5 Å². The first-order valence-electron chi connectivity index (χ1n) is 8.87. The highest BCUT2D eigenvalue weighted by Crippen LogP contribution is 2.24. The number of rotatable bonds is 4. The number of carbonyl (C=O) groups is 2. The predicted octanol–water partition coefficient (Wildman–Crippen LogP) is 2.35. The highest BCUT2D eigenvalue weighted by molar-refractivity contribution is 5.90. The third-order valence-electron chi connectivity index (χ3n) is 4.61. The number of amides is 2. The van der Waals surface area contributed by atoms with Crippen LogP contribution in [0.25, 0.3) is 16.8 Å². The number of hydrogen-bond acceptors (Lipinski definition) is 5. The maximum absolute atomic E-state index is 12.3. The first-order valence-corrected chi connectivity index (χ1v) is 8.87. The largest absolute Gasteiger partial charge is 0.442 e. The van der Waals surface area contributed by atoms with E-state index >= 15 is 0 Å². The van der Waals surface area contributed by atoms with Gasteiger partial charge >= 0.3 is 11.8 Å². The lowest BCUT2D eigenvalue weighted by Gasteiger charge is -2.14. The third kappa shape index (κ3) is 3.24. The average molecular weight is 381 g/mol. The Labute approximate surface area is 160 Å². The molecule has 1 aliphatic rings. The molecule has 0 spiro atoms. The lowest BCUT2D eigenvalue weighted by atomic mass is 10.2. The van der Waals surface area contributed by atoms with Crippen molar-refractivity contribution in [2.24, 2.45) is 0 Å². The Morgan fingerprint density at radius 1 is 1.14 bits per heavy atom. The monoisotopic (exact) mass is 381 g/mol. The summed E-state index contributed by atoms with van der Waals surface area (Å²) in [5, 5.41) is 2.64. The fourth-order valence-corrected chi connectivity index (χ4v) is 3.25. The number of aryl methyl sites for hydroxylation is 1. The number of anilines is 1. The van der Waals surface area contributed by atoms with Crippen LogP contribution >= 0.6 is 0 Å². The molecule has 1 aliphatic heterocycles. The van der Waals surface area contributed by atoms with E-state index in [0.717, 1.165) is 5.56 Å². The topological polar surface area (TPSA) is 93.8 Å². The molecule has 8 heteroatoms. The smallest absolute Gasteiger partial charge is 0.424 e. The highest BCUT2D eigenvalue weighted by Gasteiger charge is 2.32. The summed E-state index contributed by atoms with van der Waals surface area (Å²) in [5.74, 6) is -0.642. The zero-order valence-electron chi connectivity index (χ0n) is 15.5. The van der Waals surface area contributed by atoms with Gasteiger partial charge in [-0.05, 0) is 48.9 Å². The second-order valence-electron chi connectivity index (χ2n) is 6.74. The van der Waals surface area contributed by atoms with Crippen LogP contribution < -0.4 is 16.0 Å². The van der Waals surface area contributed by atoms with Crippen molar-refractivity contribution in [1.82, 2.24) is 9.88 Å². The maximum Gasteiger partial charge on any atom is 0.424 e. The van der Waals surface area contributed by atoms with Crippen molar-refractivity contribution in [1.29, 1.82) is 0 Å². The average Bonchev–Trinajstić information content (AvgIpc) is 3.19. The molecular formula is C20H19N3O5. The first-order chi connectivity index (χ1) is 13.4. The van der Waals surface area contributed by atoms with Gasteiger partial charge in [0.05, 0.1) is 24.3 Å². The van der Waals surface area contributed by atoms with Crippen LogP contribution in [0.15, 0.2) is 51.7 Å². The van der Waals surface area contributed by atoms with Crippen LogP contribution in [0.1, 0.15) is 12.5 Å². The molecular weight excluding hydrogens is 362 g/mol. The summed E-state index contributed by atoms with van der Waals surface area (Å²) in [7, 11) is 0. The molecule has 0 radical (unpaired) electrons. The third-order valence-corrected chi connectivity index (χ3v) is 4.61. The van der Waals surface area contributed by atoms with Gasteiger partial charge in [0.1, 0.15) is 6.10 Å². The molecule has 8 nitrogen and oxygen atoms in total. The fraction of sp³-hybridized carbons (Fsp3) is 0.250. The van der Waals surface area contributed by atoms with Crippen molar-refractivity contribution in [3.8, 4) is 5.69 Å². The summed E-state index contributed by atoms with van der Waals surface area (Å²) in [4.78, 5) is 36.9. The summed E-state index contributed by atoms with van der Waals surface area (Å²) in [6, 6.07) is 12.5. The molecule has 0 bridgehead atoms. The standard InChI is InChI=1S/C20H19N3O5/c1-12-3-8-18-17(9-12)23(20(26)28-18)15-6-4-14(5-7-15)22-11-16(27-19(22)25)10-21-13(2)24/h3-9,16H,10-11H2,1-2H3,(H,21,24). The molecule has 4 rings (SSSR count). The molecule has 2 amide bonds. The van der Waals surface area contributed by atoms with Crippen LogP contribution in [0.3, 0.4) is 0 Å². The van der Waals surface area contributed by atoms with Crippen LogP contribution in [0, 0.1) is 6.92 Å². The number of ether oxygens (including phenoxy) is 1. The van der Waals surface area contributed by atoms with Gasteiger partial charge in [-0.1, -0.05) is 6.07 Å². The van der Waals surface area contributed by atoms with Crippen molar-refractivity contribution < 1.29 is 18.7 Å². The Hall–Kier alpha value is -3.55. The van der Waals surface area contributed by atoms with E-state index in [9.17, 15) is 14.4 Å². The van der Waals surface area contributed by atoms with E-state index in [4.69, 9.17) is 9.15 Å². The second-order valence-corrected chi connectivity index (χ2v) is 6.74. The molecule has 1 N–H and O–H groups in total. The second kappa shape index (κ2) is 6.88. The maximum atomic E-state index is 12.3. The lowest BCUT2D eigenvalue weighted by molar-refractivity contribution is -0.119. The normalized spacial score (nSPS) is 16.4. The van der Waals surface area contributed by atoms with Crippen LogP contribution in [0.5, 0.6) is 0 Å². The van der Waals surface area contributed by atoms with Gasteiger partial charge in [-0.3, -0.25) is 9.69 Å². The van der Waals surface area contributed by atoms with Gasteiger partial charge in [0, 0.05) is 12.6 Å². The predicted molar refractivity (Wildman–Crippen MR) is 103 cm³/mol. The zero-order chi connectivity index (χ0) is 19.8. The summed E-state index contributed by atoms with van der Waals surface area (Å²) < 4.78 is 12.1. The van der Waals surface area contributed by atoms with Gasteiger partial charge in [0.15, 0.2) is 5.58 Å². The number of aromatic nitrogens is 1. The van der Waals surface area contributed by atoms with Gasteiger partial charge in [-0.15, -0.1) is 0 Å². The van der Waals surface area contributed by atoms with E-state index in [1.165, 1.54) is 16.4 Å². The van der Waals surface area contributed by atoms with Gasteiger partial charge in [0.2, 0.25) is 5.91 Å². The Kier molecular flexibility index (Phi) is 4.38. The quantitative estimate of drug-likeness (QED) is 0.749. The number of hydrogen-bond donors (Lipinski definition) is 1. The minimum atomic E-state index is -0.468. The van der Waals surface area contributed by atoms with Crippen molar-refractivity contribution in [3.05, 3.63) is 58.6 Å². The lowest BCUT2D eigenvalue weighted by Crippen LogP contribution is -2.33. The molecule has 1 aromatic heterocycles. The summed E-state index contributed by atoms with van der Waals surface area (Å²) in [6.45, 7) is 3.97. The molecule has 1 atom stereocenters. The van der Waals surface area contributed by atoms with E-state index in [2.05, 4.69) is 5.32 Å². The molecule has 1 saturated heterocycles. The van der Waals surface area contributed by atoms with E-state index in [1.807, 2.05) is 19.1 Å². The first kappa shape index (κ1) is 17.8. The van der Waals surface area contributed by atoms with E-state index in [0.29, 0.717) is 29.0 Å².